The fourth-order valence-electron chi connectivity index (χ4n) is 4.13. The topological polar surface area (TPSA) is 74.2 Å². The van der Waals surface area contributed by atoms with Crippen LogP contribution in [-0.2, 0) is 11.3 Å². The van der Waals surface area contributed by atoms with Crippen molar-refractivity contribution in [3.05, 3.63) is 72.1 Å². The van der Waals surface area contributed by atoms with Gasteiger partial charge in [-0.05, 0) is 49.2 Å². The summed E-state index contributed by atoms with van der Waals surface area (Å²) < 4.78 is 13.5. The van der Waals surface area contributed by atoms with Crippen LogP contribution in [0.25, 0.3) is 11.1 Å². The molecular formula is C25H29FN6O. The third-order valence-electron chi connectivity index (χ3n) is 5.83. The summed E-state index contributed by atoms with van der Waals surface area (Å²) in [5.41, 5.74) is 3.43. The van der Waals surface area contributed by atoms with Crippen molar-refractivity contribution in [2.45, 2.75) is 31.8 Å². The van der Waals surface area contributed by atoms with Gasteiger partial charge >= 0.3 is 0 Å². The lowest BCUT2D eigenvalue weighted by Crippen LogP contribution is -2.42. The maximum atomic E-state index is 13.5. The van der Waals surface area contributed by atoms with Crippen molar-refractivity contribution in [3.8, 4) is 11.1 Å². The predicted molar refractivity (Wildman–Crippen MR) is 126 cm³/mol. The van der Waals surface area contributed by atoms with Crippen LogP contribution < -0.4 is 10.2 Å². The normalized spacial score (nSPS) is 16.4. The smallest absolute Gasteiger partial charge is 0.234 e. The molecule has 33 heavy (non-hydrogen) atoms. The molecule has 1 aliphatic heterocycles. The van der Waals surface area contributed by atoms with Crippen LogP contribution in [0.2, 0.25) is 0 Å². The first-order valence-corrected chi connectivity index (χ1v) is 11.2. The lowest BCUT2D eigenvalue weighted by atomic mass is 9.93. The Labute approximate surface area is 193 Å². The number of amides is 1. The van der Waals surface area contributed by atoms with E-state index in [-0.39, 0.29) is 24.3 Å². The van der Waals surface area contributed by atoms with Gasteiger partial charge in [-0.1, -0.05) is 24.6 Å². The van der Waals surface area contributed by atoms with Crippen molar-refractivity contribution in [1.82, 2.24) is 25.2 Å². The molecular weight excluding hydrogens is 419 g/mol. The molecule has 0 radical (unpaired) electrons. The van der Waals surface area contributed by atoms with Crippen molar-refractivity contribution >= 4 is 11.9 Å². The van der Waals surface area contributed by atoms with Gasteiger partial charge in [-0.2, -0.15) is 0 Å². The van der Waals surface area contributed by atoms with Gasteiger partial charge in [0.25, 0.3) is 0 Å². The van der Waals surface area contributed by atoms with Gasteiger partial charge in [-0.25, -0.2) is 14.4 Å². The summed E-state index contributed by atoms with van der Waals surface area (Å²) in [6.07, 6.45) is 6.50. The number of carbonyl (C=O) groups excluding carboxylic acids is 1. The van der Waals surface area contributed by atoms with Crippen molar-refractivity contribution < 1.29 is 9.18 Å². The average Bonchev–Trinajstić information content (AvgIpc) is 2.84. The minimum absolute atomic E-state index is 0.0268. The number of aromatic nitrogens is 3. The number of likely N-dealkylation sites (tertiary alicyclic amines) is 1. The van der Waals surface area contributed by atoms with E-state index in [9.17, 15) is 9.18 Å². The highest BCUT2D eigenvalue weighted by Gasteiger charge is 2.29. The van der Waals surface area contributed by atoms with Crippen molar-refractivity contribution in [3.63, 3.8) is 0 Å². The van der Waals surface area contributed by atoms with E-state index in [1.807, 2.05) is 37.2 Å². The fraction of sp³-hybridized carbons (Fsp3) is 0.360. The van der Waals surface area contributed by atoms with E-state index in [0.29, 0.717) is 12.5 Å². The second-order valence-electron chi connectivity index (χ2n) is 8.45. The number of rotatable bonds is 7. The van der Waals surface area contributed by atoms with Crippen LogP contribution in [0.3, 0.4) is 0 Å². The van der Waals surface area contributed by atoms with E-state index in [1.54, 1.807) is 24.5 Å². The number of hydrogen-bond acceptors (Lipinski definition) is 6. The standard InChI is InChI=1S/C25H29FN6O/c1-31(2)25-29-16-21(18-9-11-19(26)12-10-18)24(30-25)22-8-4-6-14-32(22)17-23(33)28-15-20-7-3-5-13-27-20/h3,5,7,9-13,16,22H,4,6,8,14-15,17H2,1-2H3,(H,28,33)/t22-/m1/s1. The summed E-state index contributed by atoms with van der Waals surface area (Å²) in [4.78, 5) is 30.5. The van der Waals surface area contributed by atoms with Gasteiger partial charge < -0.3 is 10.2 Å². The lowest BCUT2D eigenvalue weighted by molar-refractivity contribution is -0.123. The molecule has 1 aliphatic rings. The molecule has 172 valence electrons. The molecule has 3 aromatic rings. The summed E-state index contributed by atoms with van der Waals surface area (Å²) >= 11 is 0. The molecule has 1 saturated heterocycles. The lowest BCUT2D eigenvalue weighted by Gasteiger charge is -2.36. The van der Waals surface area contributed by atoms with E-state index in [4.69, 9.17) is 4.98 Å². The maximum Gasteiger partial charge on any atom is 0.234 e. The zero-order valence-corrected chi connectivity index (χ0v) is 19.0. The van der Waals surface area contributed by atoms with Crippen LogP contribution in [0, 0.1) is 5.82 Å². The molecule has 1 amide bonds. The highest BCUT2D eigenvalue weighted by molar-refractivity contribution is 5.78. The van der Waals surface area contributed by atoms with E-state index < -0.39 is 0 Å². The van der Waals surface area contributed by atoms with E-state index in [2.05, 4.69) is 20.2 Å². The Kier molecular flexibility index (Phi) is 7.24. The number of piperidine rings is 1. The zero-order valence-electron chi connectivity index (χ0n) is 19.0. The quantitative estimate of drug-likeness (QED) is 0.596. The summed E-state index contributed by atoms with van der Waals surface area (Å²) in [5, 5.41) is 2.97. The number of hydrogen-bond donors (Lipinski definition) is 1. The number of halogens is 1. The number of benzene rings is 1. The SMILES string of the molecule is CN(C)c1ncc(-c2ccc(F)cc2)c([C@H]2CCCCN2CC(=O)NCc2ccccn2)n1. The van der Waals surface area contributed by atoms with Crippen molar-refractivity contribution in [2.75, 3.05) is 32.1 Å². The minimum atomic E-state index is -0.282. The van der Waals surface area contributed by atoms with Crippen molar-refractivity contribution in [1.29, 1.82) is 0 Å². The molecule has 0 spiro atoms. The zero-order chi connectivity index (χ0) is 23.2. The van der Waals surface area contributed by atoms with Gasteiger partial charge in [0.05, 0.1) is 30.5 Å². The van der Waals surface area contributed by atoms with Gasteiger partial charge in [-0.3, -0.25) is 14.7 Å². The number of nitrogens with one attached hydrogen (secondary N) is 1. The molecule has 0 bridgehead atoms. The van der Waals surface area contributed by atoms with Gasteiger partial charge in [0.1, 0.15) is 5.82 Å². The molecule has 1 atom stereocenters. The van der Waals surface area contributed by atoms with Crippen LogP contribution in [0.1, 0.15) is 36.7 Å². The third-order valence-corrected chi connectivity index (χ3v) is 5.83. The number of nitrogens with zero attached hydrogens (tertiary/aromatic N) is 5. The number of carbonyl (C=O) groups is 1. The van der Waals surface area contributed by atoms with E-state index >= 15 is 0 Å². The van der Waals surface area contributed by atoms with Crippen LogP contribution in [0.4, 0.5) is 10.3 Å². The monoisotopic (exact) mass is 448 g/mol. The number of pyridine rings is 1. The first-order valence-electron chi connectivity index (χ1n) is 11.2. The van der Waals surface area contributed by atoms with E-state index in [0.717, 1.165) is 48.3 Å². The van der Waals surface area contributed by atoms with E-state index in [1.165, 1.54) is 12.1 Å². The molecule has 3 heterocycles. The summed E-state index contributed by atoms with van der Waals surface area (Å²) in [6, 6.07) is 12.0. The molecule has 0 saturated carbocycles. The second kappa shape index (κ2) is 10.5. The van der Waals surface area contributed by atoms with Gasteiger partial charge in [0.15, 0.2) is 0 Å². The van der Waals surface area contributed by atoms with Crippen LogP contribution in [0.5, 0.6) is 0 Å². The Morgan fingerprint density at radius 3 is 2.70 bits per heavy atom. The highest BCUT2D eigenvalue weighted by Crippen LogP contribution is 2.36. The summed E-state index contributed by atoms with van der Waals surface area (Å²) in [5.74, 6) is 0.286. The predicted octanol–water partition coefficient (Wildman–Crippen LogP) is 3.59. The first-order chi connectivity index (χ1) is 16.0. The Bertz CT molecular complexity index is 1070. The average molecular weight is 449 g/mol. The Morgan fingerprint density at radius 1 is 1.15 bits per heavy atom. The Morgan fingerprint density at radius 2 is 1.97 bits per heavy atom. The minimum Gasteiger partial charge on any atom is -0.349 e. The molecule has 1 N–H and O–H groups in total. The third kappa shape index (κ3) is 5.70. The maximum absolute atomic E-state index is 13.5. The van der Waals surface area contributed by atoms with Gasteiger partial charge in [-0.15, -0.1) is 0 Å². The molecule has 4 rings (SSSR count). The molecule has 7 nitrogen and oxygen atoms in total. The van der Waals surface area contributed by atoms with Gasteiger partial charge in [0.2, 0.25) is 11.9 Å². The van der Waals surface area contributed by atoms with Crippen LogP contribution in [-0.4, -0.2) is 52.9 Å². The Balaban J connectivity index is 1.58. The molecule has 1 fully saturated rings. The van der Waals surface area contributed by atoms with Crippen LogP contribution >= 0.6 is 0 Å². The second-order valence-corrected chi connectivity index (χ2v) is 8.45. The molecule has 0 unspecified atom stereocenters. The fourth-order valence-corrected chi connectivity index (χ4v) is 4.13. The van der Waals surface area contributed by atoms with Gasteiger partial charge in [0, 0.05) is 32.1 Å². The largest absolute Gasteiger partial charge is 0.349 e. The molecule has 0 aliphatic carbocycles. The molecule has 8 heteroatoms. The molecule has 1 aromatic carbocycles. The summed E-state index contributed by atoms with van der Waals surface area (Å²) in [6.45, 7) is 1.49. The van der Waals surface area contributed by atoms with Crippen molar-refractivity contribution in [2.24, 2.45) is 0 Å². The Hall–Kier alpha value is -3.39. The summed E-state index contributed by atoms with van der Waals surface area (Å²) in [7, 11) is 3.81. The molecule has 2 aromatic heterocycles. The highest BCUT2D eigenvalue weighted by atomic mass is 19.1. The van der Waals surface area contributed by atoms with Crippen LogP contribution in [0.15, 0.2) is 54.9 Å². The number of anilines is 1. The first kappa shape index (κ1) is 22.8.